The van der Waals surface area contributed by atoms with Crippen molar-refractivity contribution >= 4 is 12.0 Å². The molecule has 1 unspecified atom stereocenters. The highest BCUT2D eigenvalue weighted by Crippen LogP contribution is 2.40. The molecule has 0 saturated carbocycles. The van der Waals surface area contributed by atoms with E-state index in [0.717, 1.165) is 56.2 Å². The van der Waals surface area contributed by atoms with Crippen LogP contribution in [-0.4, -0.2) is 48.4 Å². The molecule has 0 bridgehead atoms. The molecule has 0 aromatic carbocycles. The molecule has 0 amide bonds. The number of rotatable bonds is 9. The summed E-state index contributed by atoms with van der Waals surface area (Å²) in [6.45, 7) is 12.2. The number of likely N-dealkylation sites (N-methyl/N-ethyl adjacent to an activating group) is 1. The summed E-state index contributed by atoms with van der Waals surface area (Å²) in [6, 6.07) is 4.24. The van der Waals surface area contributed by atoms with Crippen molar-refractivity contribution in [3.63, 3.8) is 0 Å². The molecule has 1 aliphatic carbocycles. The number of alkyl halides is 1. The van der Waals surface area contributed by atoms with Gasteiger partial charge < -0.3 is 15.1 Å². The first-order valence-electron chi connectivity index (χ1n) is 13.1. The molecule has 1 aromatic rings. The Morgan fingerprint density at radius 3 is 2.81 bits per heavy atom. The van der Waals surface area contributed by atoms with Crippen LogP contribution in [0.3, 0.4) is 0 Å². The second-order valence-corrected chi connectivity index (χ2v) is 10.6. The molecule has 194 valence electrons. The second kappa shape index (κ2) is 10.9. The number of nitrogens with zero attached hydrogens (tertiary/aromatic N) is 4. The number of piperidine rings is 1. The van der Waals surface area contributed by atoms with Crippen LogP contribution in [0, 0.1) is 5.41 Å². The molecule has 0 radical (unpaired) electrons. The zero-order valence-electron chi connectivity index (χ0n) is 22.2. The molecule has 2 aliphatic heterocycles. The Balaban J connectivity index is 0.00000380. The maximum absolute atomic E-state index is 14.1. The normalized spacial score (nSPS) is 23.3. The number of halogens is 1. The van der Waals surface area contributed by atoms with Crippen LogP contribution in [0.15, 0.2) is 83.1 Å². The highest BCUT2D eigenvalue weighted by molar-refractivity contribution is 5.77. The predicted octanol–water partition coefficient (Wildman–Crippen LogP) is 6.35. The van der Waals surface area contributed by atoms with Crippen LogP contribution in [0.25, 0.3) is 0 Å². The van der Waals surface area contributed by atoms with Gasteiger partial charge in [0.25, 0.3) is 0 Å². The van der Waals surface area contributed by atoms with Crippen molar-refractivity contribution in [2.75, 3.05) is 31.6 Å². The van der Waals surface area contributed by atoms with Crippen molar-refractivity contribution in [1.82, 2.24) is 15.2 Å². The predicted molar refractivity (Wildman–Crippen MR) is 151 cm³/mol. The molecule has 5 nitrogen and oxygen atoms in total. The van der Waals surface area contributed by atoms with Crippen LogP contribution in [0.4, 0.5) is 10.2 Å². The van der Waals surface area contributed by atoms with Crippen molar-refractivity contribution in [3.05, 3.63) is 83.6 Å². The van der Waals surface area contributed by atoms with Crippen molar-refractivity contribution in [1.29, 1.82) is 0 Å². The Morgan fingerprint density at radius 1 is 1.31 bits per heavy atom. The van der Waals surface area contributed by atoms with Gasteiger partial charge in [-0.25, -0.2) is 14.4 Å². The number of pyridine rings is 1. The number of allylic oxidation sites excluding steroid dienone is 5. The number of aryl methyl sites for hydroxylation is 1. The van der Waals surface area contributed by atoms with Crippen molar-refractivity contribution in [2.45, 2.75) is 58.5 Å². The molecule has 1 aromatic heterocycles. The molecule has 4 rings (SSSR count). The number of aromatic nitrogens is 1. The Morgan fingerprint density at radius 2 is 2.08 bits per heavy atom. The Labute approximate surface area is 217 Å². The van der Waals surface area contributed by atoms with E-state index in [1.54, 1.807) is 6.92 Å². The summed E-state index contributed by atoms with van der Waals surface area (Å²) in [5.41, 5.74) is 3.80. The van der Waals surface area contributed by atoms with Gasteiger partial charge in [-0.2, -0.15) is 0 Å². The van der Waals surface area contributed by atoms with Gasteiger partial charge in [-0.05, 0) is 93.1 Å². The topological polar surface area (TPSA) is 43.8 Å². The lowest BCUT2D eigenvalue weighted by Gasteiger charge is -2.35. The maximum Gasteiger partial charge on any atom is 0.128 e. The van der Waals surface area contributed by atoms with Gasteiger partial charge in [-0.15, -0.1) is 0 Å². The molecule has 1 N–H and O–H groups in total. The molecular formula is C30H42FN5. The Bertz CT molecular complexity index is 1120. The molecule has 1 atom stereocenters. The van der Waals surface area contributed by atoms with Gasteiger partial charge in [0.05, 0.1) is 0 Å². The van der Waals surface area contributed by atoms with E-state index in [9.17, 15) is 4.39 Å². The molecule has 3 aliphatic rings. The number of nitrogens with one attached hydrogen (secondary N) is 1. The molecular weight excluding hydrogens is 449 g/mol. The first kappa shape index (κ1) is 25.9. The van der Waals surface area contributed by atoms with Crippen LogP contribution >= 0.6 is 0 Å². The smallest absolute Gasteiger partial charge is 0.128 e. The van der Waals surface area contributed by atoms with Gasteiger partial charge >= 0.3 is 0 Å². The fraction of sp³-hybridized carbons (Fsp3) is 0.467. The summed E-state index contributed by atoms with van der Waals surface area (Å²) in [4.78, 5) is 13.5. The first-order chi connectivity index (χ1) is 17.2. The van der Waals surface area contributed by atoms with Crippen molar-refractivity contribution < 1.29 is 5.82 Å². The van der Waals surface area contributed by atoms with E-state index in [2.05, 4.69) is 83.2 Å². The van der Waals surface area contributed by atoms with E-state index in [-0.39, 0.29) is 6.84 Å². The fourth-order valence-corrected chi connectivity index (χ4v) is 5.01. The lowest BCUT2D eigenvalue weighted by molar-refractivity contribution is 0.149. The van der Waals surface area contributed by atoms with Crippen molar-refractivity contribution in [2.24, 2.45) is 10.4 Å². The summed E-state index contributed by atoms with van der Waals surface area (Å²) in [5, 5.41) is 3.52. The zero-order valence-corrected chi connectivity index (χ0v) is 22.2. The lowest BCUT2D eigenvalue weighted by Crippen LogP contribution is -2.40. The van der Waals surface area contributed by atoms with Crippen LogP contribution in [-0.2, 0) is 6.42 Å². The third-order valence-electron chi connectivity index (χ3n) is 7.61. The largest absolute Gasteiger partial charge is 0.370 e. The summed E-state index contributed by atoms with van der Waals surface area (Å²) < 4.78 is 14.1. The van der Waals surface area contributed by atoms with Gasteiger partial charge in [0.1, 0.15) is 17.3 Å². The van der Waals surface area contributed by atoms with Gasteiger partial charge in [0, 0.05) is 51.6 Å². The molecule has 0 spiro atoms. The fourth-order valence-electron chi connectivity index (χ4n) is 5.01. The van der Waals surface area contributed by atoms with E-state index < -0.39 is 5.67 Å². The molecule has 1 saturated heterocycles. The monoisotopic (exact) mass is 491 g/mol. The van der Waals surface area contributed by atoms with Gasteiger partial charge in [-0.3, -0.25) is 0 Å². The quantitative estimate of drug-likeness (QED) is 0.409. The molecule has 36 heavy (non-hydrogen) atoms. The number of aliphatic imine (C=N–C) groups is 1. The number of anilines is 1. The number of hydrogen-bond acceptors (Lipinski definition) is 5. The lowest BCUT2D eigenvalue weighted by atomic mass is 9.74. The van der Waals surface area contributed by atoms with Gasteiger partial charge in [-0.1, -0.05) is 25.7 Å². The minimum absolute atomic E-state index is 0. The van der Waals surface area contributed by atoms with E-state index in [1.165, 1.54) is 16.7 Å². The van der Waals surface area contributed by atoms with Crippen LogP contribution in [0.2, 0.25) is 0 Å². The maximum atomic E-state index is 14.1. The average Bonchev–Trinajstić information content (AvgIpc) is 2.87. The molecule has 1 fully saturated rings. The van der Waals surface area contributed by atoms with Gasteiger partial charge in [0.2, 0.25) is 0 Å². The summed E-state index contributed by atoms with van der Waals surface area (Å²) in [7, 11) is 2.03. The van der Waals surface area contributed by atoms with E-state index in [1.807, 2.05) is 19.4 Å². The van der Waals surface area contributed by atoms with E-state index in [0.29, 0.717) is 12.8 Å². The highest BCUT2D eigenvalue weighted by atomic mass is 19.1. The van der Waals surface area contributed by atoms with Crippen LogP contribution < -0.4 is 10.2 Å². The molecule has 6 heteroatoms. The third kappa shape index (κ3) is 5.97. The van der Waals surface area contributed by atoms with E-state index in [4.69, 9.17) is 4.99 Å². The second-order valence-electron chi connectivity index (χ2n) is 10.6. The highest BCUT2D eigenvalue weighted by Gasteiger charge is 2.32. The van der Waals surface area contributed by atoms with Crippen LogP contribution in [0.5, 0.6) is 0 Å². The van der Waals surface area contributed by atoms with E-state index >= 15 is 0 Å². The van der Waals surface area contributed by atoms with Gasteiger partial charge in [0.15, 0.2) is 0 Å². The average molecular weight is 492 g/mol. The number of fused-ring (bicyclic) bond motifs is 1. The summed E-state index contributed by atoms with van der Waals surface area (Å²) in [6.07, 6.45) is 18.7. The Hall–Kier alpha value is -3.15. The first-order valence-corrected chi connectivity index (χ1v) is 13.1. The standard InChI is InChI=1S/C30H40FN5.H2/c1-6-26(35(5)7-2)24-10-12-29(3)22-34-27(21-25(29)20-24)32-15-8-9-23-11-16-33-28(19-23)36-17-13-30(4,31)14-18-36;/h6-7,10-11,16,19-22,32H,2,8-9,12-15,17-18H2,1,3-5H3;1H/b26-6-;. The number of hydrogen-bond donors (Lipinski definition) is 1. The SMILES string of the molecule is C=CN(C)/C(=C\C)C1=CCC2(C)C=NC(NCCCc3ccnc(N4CCC(C)(F)CC4)c3)=CC2=C1.[HH]. The zero-order chi connectivity index (χ0) is 25.8. The minimum atomic E-state index is -1.05. The summed E-state index contributed by atoms with van der Waals surface area (Å²) >= 11 is 0. The van der Waals surface area contributed by atoms with Crippen LogP contribution in [0.1, 0.15) is 53.4 Å². The van der Waals surface area contributed by atoms with Crippen molar-refractivity contribution in [3.8, 4) is 0 Å². The summed E-state index contributed by atoms with van der Waals surface area (Å²) in [5.74, 6) is 1.88. The minimum Gasteiger partial charge on any atom is -0.370 e. The Kier molecular flexibility index (Phi) is 7.82. The molecule has 3 heterocycles. The third-order valence-corrected chi connectivity index (χ3v) is 7.61.